The van der Waals surface area contributed by atoms with Gasteiger partial charge in [-0.15, -0.1) is 6.58 Å². The van der Waals surface area contributed by atoms with Crippen molar-refractivity contribution in [2.75, 3.05) is 13.2 Å². The summed E-state index contributed by atoms with van der Waals surface area (Å²) in [7, 11) is 0. The zero-order valence-corrected chi connectivity index (χ0v) is 16.7. The van der Waals surface area contributed by atoms with Gasteiger partial charge in [-0.25, -0.2) is 0 Å². The van der Waals surface area contributed by atoms with Gasteiger partial charge in [-0.1, -0.05) is 73.7 Å². The molecule has 2 aliphatic heterocycles. The summed E-state index contributed by atoms with van der Waals surface area (Å²) in [5, 5.41) is 0. The highest BCUT2D eigenvalue weighted by molar-refractivity contribution is 5.17. The van der Waals surface area contributed by atoms with Crippen LogP contribution in [0.3, 0.4) is 0 Å². The van der Waals surface area contributed by atoms with Crippen LogP contribution in [-0.4, -0.2) is 37.8 Å². The standard InChI is InChI=1S/C24H28O5/c1-3-14-25-24-22(26-15-18-10-6-4-7-11-18)17(2)21-20(28-24)16-27-23(29-21)19-12-8-5-9-13-19/h3-13,17,20-24H,1,14-16H2,2H3/t17-,20+,21-,22+,23?,24-/m0/s1. The van der Waals surface area contributed by atoms with E-state index in [0.29, 0.717) is 19.8 Å². The third-order valence-electron chi connectivity index (χ3n) is 5.41. The second kappa shape index (κ2) is 9.65. The maximum absolute atomic E-state index is 6.32. The molecule has 0 radical (unpaired) electrons. The van der Waals surface area contributed by atoms with Crippen LogP contribution in [-0.2, 0) is 30.3 Å². The van der Waals surface area contributed by atoms with Gasteiger partial charge in [0.05, 0.1) is 25.9 Å². The lowest BCUT2D eigenvalue weighted by atomic mass is 9.89. The lowest BCUT2D eigenvalue weighted by Gasteiger charge is -2.48. The molecule has 0 spiro atoms. The van der Waals surface area contributed by atoms with Crippen LogP contribution in [0.25, 0.3) is 0 Å². The first-order chi connectivity index (χ1) is 14.3. The van der Waals surface area contributed by atoms with Crippen molar-refractivity contribution < 1.29 is 23.7 Å². The number of hydrogen-bond donors (Lipinski definition) is 0. The van der Waals surface area contributed by atoms with E-state index < -0.39 is 12.6 Å². The molecule has 1 unspecified atom stereocenters. The number of fused-ring (bicyclic) bond motifs is 1. The largest absolute Gasteiger partial charge is 0.368 e. The van der Waals surface area contributed by atoms with Crippen LogP contribution in [0.1, 0.15) is 24.3 Å². The van der Waals surface area contributed by atoms with E-state index in [0.717, 1.165) is 11.1 Å². The molecule has 2 aromatic carbocycles. The van der Waals surface area contributed by atoms with Crippen molar-refractivity contribution in [2.45, 2.75) is 44.4 Å². The molecule has 2 saturated heterocycles. The fourth-order valence-electron chi connectivity index (χ4n) is 3.89. The lowest BCUT2D eigenvalue weighted by molar-refractivity contribution is -0.356. The van der Waals surface area contributed by atoms with Crippen LogP contribution >= 0.6 is 0 Å². The van der Waals surface area contributed by atoms with Crippen molar-refractivity contribution >= 4 is 0 Å². The maximum Gasteiger partial charge on any atom is 0.184 e. The molecular formula is C24H28O5. The molecule has 5 nitrogen and oxygen atoms in total. The number of hydrogen-bond acceptors (Lipinski definition) is 5. The van der Waals surface area contributed by atoms with Gasteiger partial charge in [0.1, 0.15) is 12.2 Å². The number of benzene rings is 2. The monoisotopic (exact) mass is 396 g/mol. The number of ether oxygens (including phenoxy) is 5. The molecule has 2 fully saturated rings. The topological polar surface area (TPSA) is 46.2 Å². The second-order valence-corrected chi connectivity index (χ2v) is 7.46. The Morgan fingerprint density at radius 3 is 2.45 bits per heavy atom. The van der Waals surface area contributed by atoms with Crippen molar-refractivity contribution in [2.24, 2.45) is 5.92 Å². The summed E-state index contributed by atoms with van der Waals surface area (Å²) < 4.78 is 30.6. The molecule has 0 saturated carbocycles. The van der Waals surface area contributed by atoms with Crippen molar-refractivity contribution in [3.8, 4) is 0 Å². The molecule has 0 aliphatic carbocycles. The fraction of sp³-hybridized carbons (Fsp3) is 0.417. The molecule has 0 aromatic heterocycles. The van der Waals surface area contributed by atoms with Crippen molar-refractivity contribution in [1.82, 2.24) is 0 Å². The smallest absolute Gasteiger partial charge is 0.184 e. The van der Waals surface area contributed by atoms with E-state index in [1.807, 2.05) is 60.7 Å². The fourth-order valence-corrected chi connectivity index (χ4v) is 3.89. The predicted octanol–water partition coefficient (Wildman–Crippen LogP) is 4.25. The van der Waals surface area contributed by atoms with Crippen LogP contribution in [0.4, 0.5) is 0 Å². The quantitative estimate of drug-likeness (QED) is 0.655. The Bertz CT molecular complexity index is 765. The molecule has 2 aromatic rings. The van der Waals surface area contributed by atoms with Crippen LogP contribution in [0.5, 0.6) is 0 Å². The Balaban J connectivity index is 1.48. The van der Waals surface area contributed by atoms with Crippen molar-refractivity contribution in [3.63, 3.8) is 0 Å². The number of rotatable bonds is 7. The molecule has 2 heterocycles. The third-order valence-corrected chi connectivity index (χ3v) is 5.41. The first kappa shape index (κ1) is 20.3. The van der Waals surface area contributed by atoms with Gasteiger partial charge in [-0.3, -0.25) is 0 Å². The Morgan fingerprint density at radius 1 is 1.00 bits per heavy atom. The average molecular weight is 396 g/mol. The SMILES string of the molecule is C=CCO[C@H]1O[C@@H]2COC(c3ccccc3)O[C@H]2[C@H](C)[C@H]1OCc1ccccc1. The van der Waals surface area contributed by atoms with Gasteiger partial charge in [0.25, 0.3) is 0 Å². The zero-order valence-electron chi connectivity index (χ0n) is 16.7. The summed E-state index contributed by atoms with van der Waals surface area (Å²) in [6, 6.07) is 20.1. The minimum absolute atomic E-state index is 0.0717. The third kappa shape index (κ3) is 4.77. The van der Waals surface area contributed by atoms with E-state index in [1.165, 1.54) is 0 Å². The summed E-state index contributed by atoms with van der Waals surface area (Å²) in [5.74, 6) is 0.0717. The Morgan fingerprint density at radius 2 is 1.72 bits per heavy atom. The molecule has 0 bridgehead atoms. The minimum atomic E-state index is -0.492. The van der Waals surface area contributed by atoms with Crippen LogP contribution in [0.15, 0.2) is 73.3 Å². The van der Waals surface area contributed by atoms with Gasteiger partial charge in [0.2, 0.25) is 0 Å². The second-order valence-electron chi connectivity index (χ2n) is 7.46. The van der Waals surface area contributed by atoms with E-state index >= 15 is 0 Å². The van der Waals surface area contributed by atoms with E-state index in [1.54, 1.807) is 6.08 Å². The van der Waals surface area contributed by atoms with Gasteiger partial charge in [0.15, 0.2) is 12.6 Å². The average Bonchev–Trinajstić information content (AvgIpc) is 2.78. The summed E-state index contributed by atoms with van der Waals surface area (Å²) in [6.07, 6.45) is 0.228. The summed E-state index contributed by atoms with van der Waals surface area (Å²) >= 11 is 0. The molecule has 0 N–H and O–H groups in total. The van der Waals surface area contributed by atoms with Gasteiger partial charge in [-0.05, 0) is 5.56 Å². The van der Waals surface area contributed by atoms with Crippen LogP contribution in [0.2, 0.25) is 0 Å². The normalized spacial score (nSPS) is 31.8. The van der Waals surface area contributed by atoms with E-state index in [9.17, 15) is 0 Å². The van der Waals surface area contributed by atoms with Crippen LogP contribution in [0, 0.1) is 5.92 Å². The molecular weight excluding hydrogens is 368 g/mol. The molecule has 0 amide bonds. The lowest BCUT2D eigenvalue weighted by Crippen LogP contribution is -2.59. The van der Waals surface area contributed by atoms with E-state index in [2.05, 4.69) is 13.5 Å². The van der Waals surface area contributed by atoms with Crippen molar-refractivity contribution in [1.29, 1.82) is 0 Å². The summed E-state index contributed by atoms with van der Waals surface area (Å²) in [5.41, 5.74) is 2.12. The van der Waals surface area contributed by atoms with Crippen LogP contribution < -0.4 is 0 Å². The van der Waals surface area contributed by atoms with Crippen molar-refractivity contribution in [3.05, 3.63) is 84.4 Å². The highest BCUT2D eigenvalue weighted by Crippen LogP contribution is 2.38. The van der Waals surface area contributed by atoms with Gasteiger partial charge in [0, 0.05) is 11.5 Å². The van der Waals surface area contributed by atoms with E-state index in [-0.39, 0.29) is 24.2 Å². The Kier molecular flexibility index (Phi) is 6.74. The Hall–Kier alpha value is -2.02. The zero-order chi connectivity index (χ0) is 20.1. The highest BCUT2D eigenvalue weighted by Gasteiger charge is 2.48. The molecule has 2 aliphatic rings. The molecule has 4 rings (SSSR count). The van der Waals surface area contributed by atoms with Gasteiger partial charge < -0.3 is 23.7 Å². The minimum Gasteiger partial charge on any atom is -0.368 e. The predicted molar refractivity (Wildman–Crippen MR) is 109 cm³/mol. The van der Waals surface area contributed by atoms with E-state index in [4.69, 9.17) is 23.7 Å². The molecule has 6 atom stereocenters. The first-order valence-electron chi connectivity index (χ1n) is 10.1. The summed E-state index contributed by atoms with van der Waals surface area (Å²) in [6.45, 7) is 7.21. The molecule has 5 heteroatoms. The van der Waals surface area contributed by atoms with Gasteiger partial charge >= 0.3 is 0 Å². The molecule has 154 valence electrons. The first-order valence-corrected chi connectivity index (χ1v) is 10.1. The summed E-state index contributed by atoms with van der Waals surface area (Å²) in [4.78, 5) is 0. The Labute approximate surface area is 172 Å². The molecule has 29 heavy (non-hydrogen) atoms. The van der Waals surface area contributed by atoms with Gasteiger partial charge in [-0.2, -0.15) is 0 Å². The highest BCUT2D eigenvalue weighted by atomic mass is 16.8. The maximum atomic E-state index is 6.32.